The van der Waals surface area contributed by atoms with Crippen LogP contribution < -0.4 is 10.6 Å². The number of carbonyl (C=O) groups excluding carboxylic acids is 2. The maximum Gasteiger partial charge on any atom is 0.340 e. The van der Waals surface area contributed by atoms with Crippen LogP contribution >= 0.6 is 11.8 Å². The molecular weight excluding hydrogens is 381 g/mol. The number of carbonyl (C=O) groups is 2. The standard InChI is InChI=1S/C18H15F3N2O3S/c1-26-17(24)10-7-15(13(21)8-12(10)20)23-18(25)22-14-5-6-27-16-9(14)3-2-4-11(16)19/h2-4,7-8,14H,5-6H2,1H3,(H2,22,23,25). The number of fused-ring (bicyclic) bond motifs is 1. The van der Waals surface area contributed by atoms with Gasteiger partial charge in [-0.1, -0.05) is 12.1 Å². The molecule has 5 nitrogen and oxygen atoms in total. The van der Waals surface area contributed by atoms with Crippen LogP contribution in [0.2, 0.25) is 0 Å². The zero-order valence-electron chi connectivity index (χ0n) is 14.1. The van der Waals surface area contributed by atoms with Gasteiger partial charge in [-0.05, 0) is 24.1 Å². The van der Waals surface area contributed by atoms with Crippen LogP contribution in [0.4, 0.5) is 23.7 Å². The van der Waals surface area contributed by atoms with E-state index in [1.165, 1.54) is 17.8 Å². The van der Waals surface area contributed by atoms with Gasteiger partial charge in [-0.3, -0.25) is 0 Å². The van der Waals surface area contributed by atoms with Crippen LogP contribution in [0.3, 0.4) is 0 Å². The minimum Gasteiger partial charge on any atom is -0.465 e. The van der Waals surface area contributed by atoms with E-state index in [4.69, 9.17) is 0 Å². The van der Waals surface area contributed by atoms with E-state index in [0.29, 0.717) is 28.7 Å². The fourth-order valence-electron chi connectivity index (χ4n) is 2.76. The summed E-state index contributed by atoms with van der Waals surface area (Å²) in [7, 11) is 1.06. The van der Waals surface area contributed by atoms with Crippen LogP contribution in [0.5, 0.6) is 0 Å². The second-order valence-electron chi connectivity index (χ2n) is 5.75. The van der Waals surface area contributed by atoms with E-state index in [0.717, 1.165) is 13.2 Å². The first-order valence-corrected chi connectivity index (χ1v) is 8.95. The van der Waals surface area contributed by atoms with Gasteiger partial charge in [0.1, 0.15) is 17.5 Å². The Balaban J connectivity index is 1.78. The van der Waals surface area contributed by atoms with Crippen molar-refractivity contribution in [3.05, 3.63) is 58.9 Å². The first-order valence-electron chi connectivity index (χ1n) is 7.96. The Morgan fingerprint density at radius 3 is 2.67 bits per heavy atom. The molecule has 0 aromatic heterocycles. The summed E-state index contributed by atoms with van der Waals surface area (Å²) in [5, 5.41) is 4.90. The maximum absolute atomic E-state index is 13.9. The van der Waals surface area contributed by atoms with Gasteiger partial charge >= 0.3 is 12.0 Å². The highest BCUT2D eigenvalue weighted by atomic mass is 32.2. The Kier molecular flexibility index (Phi) is 5.59. The van der Waals surface area contributed by atoms with E-state index in [1.807, 2.05) is 0 Å². The number of halogens is 3. The number of hydrogen-bond acceptors (Lipinski definition) is 4. The lowest BCUT2D eigenvalue weighted by atomic mass is 10.0. The first-order chi connectivity index (χ1) is 12.9. The molecule has 0 bridgehead atoms. The molecule has 2 aromatic rings. The van der Waals surface area contributed by atoms with Gasteiger partial charge in [0.2, 0.25) is 0 Å². The number of methoxy groups -OCH3 is 1. The SMILES string of the molecule is COC(=O)c1cc(NC(=O)NC2CCSc3c(F)cccc32)c(F)cc1F. The van der Waals surface area contributed by atoms with Crippen LogP contribution in [0.25, 0.3) is 0 Å². The molecule has 0 saturated heterocycles. The van der Waals surface area contributed by atoms with Crippen LogP contribution in [-0.4, -0.2) is 24.9 Å². The highest BCUT2D eigenvalue weighted by molar-refractivity contribution is 7.99. The molecule has 0 spiro atoms. The summed E-state index contributed by atoms with van der Waals surface area (Å²) in [6.07, 6.45) is 0.563. The number of esters is 1. The number of nitrogens with one attached hydrogen (secondary N) is 2. The van der Waals surface area contributed by atoms with E-state index < -0.39 is 35.2 Å². The molecule has 142 valence electrons. The zero-order valence-corrected chi connectivity index (χ0v) is 15.0. The van der Waals surface area contributed by atoms with Crippen molar-refractivity contribution in [1.29, 1.82) is 0 Å². The molecule has 1 aliphatic rings. The normalized spacial score (nSPS) is 15.6. The predicted octanol–water partition coefficient (Wildman–Crippen LogP) is 4.25. The highest BCUT2D eigenvalue weighted by Gasteiger charge is 2.25. The number of thioether (sulfide) groups is 1. The molecule has 9 heteroatoms. The summed E-state index contributed by atoms with van der Waals surface area (Å²) >= 11 is 1.36. The van der Waals surface area contributed by atoms with Crippen molar-refractivity contribution in [1.82, 2.24) is 5.32 Å². The largest absolute Gasteiger partial charge is 0.465 e. The van der Waals surface area contributed by atoms with Gasteiger partial charge in [0, 0.05) is 16.7 Å². The Labute approximate surface area is 157 Å². The second kappa shape index (κ2) is 7.91. The summed E-state index contributed by atoms with van der Waals surface area (Å²) < 4.78 is 45.9. The Morgan fingerprint density at radius 1 is 1.15 bits per heavy atom. The summed E-state index contributed by atoms with van der Waals surface area (Å²) in [5.41, 5.74) is -0.245. The molecule has 27 heavy (non-hydrogen) atoms. The monoisotopic (exact) mass is 396 g/mol. The summed E-state index contributed by atoms with van der Waals surface area (Å²) in [6, 6.07) is 4.74. The predicted molar refractivity (Wildman–Crippen MR) is 94.3 cm³/mol. The number of urea groups is 1. The lowest BCUT2D eigenvalue weighted by Gasteiger charge is -2.26. The third-order valence-electron chi connectivity index (χ3n) is 4.04. The van der Waals surface area contributed by atoms with Crippen molar-refractivity contribution in [2.24, 2.45) is 0 Å². The summed E-state index contributed by atoms with van der Waals surface area (Å²) in [4.78, 5) is 24.3. The molecular formula is C18H15F3N2O3S. The fraction of sp³-hybridized carbons (Fsp3) is 0.222. The highest BCUT2D eigenvalue weighted by Crippen LogP contribution is 2.37. The van der Waals surface area contributed by atoms with Crippen molar-refractivity contribution in [2.75, 3.05) is 18.2 Å². The van der Waals surface area contributed by atoms with Crippen molar-refractivity contribution >= 4 is 29.4 Å². The molecule has 2 amide bonds. The molecule has 1 atom stereocenters. The number of anilines is 1. The summed E-state index contributed by atoms with van der Waals surface area (Å²) in [5.74, 6) is -2.89. The molecule has 2 aromatic carbocycles. The molecule has 2 N–H and O–H groups in total. The smallest absolute Gasteiger partial charge is 0.340 e. The third-order valence-corrected chi connectivity index (χ3v) is 5.20. The quantitative estimate of drug-likeness (QED) is 0.762. The average Bonchev–Trinajstić information content (AvgIpc) is 2.64. The molecule has 0 fully saturated rings. The minimum atomic E-state index is -1.10. The van der Waals surface area contributed by atoms with Gasteiger partial charge in [0.05, 0.1) is 24.4 Å². The van der Waals surface area contributed by atoms with Crippen molar-refractivity contribution in [2.45, 2.75) is 17.4 Å². The molecule has 0 aliphatic carbocycles. The van der Waals surface area contributed by atoms with Gasteiger partial charge < -0.3 is 15.4 Å². The first kappa shape index (κ1) is 19.1. The van der Waals surface area contributed by atoms with Crippen LogP contribution in [0.1, 0.15) is 28.4 Å². The topological polar surface area (TPSA) is 67.4 Å². The van der Waals surface area contributed by atoms with E-state index in [9.17, 15) is 22.8 Å². The van der Waals surface area contributed by atoms with Crippen molar-refractivity contribution < 1.29 is 27.5 Å². The van der Waals surface area contributed by atoms with Gasteiger partial charge in [-0.15, -0.1) is 11.8 Å². The van der Waals surface area contributed by atoms with Gasteiger partial charge in [0.25, 0.3) is 0 Å². The number of amides is 2. The average molecular weight is 396 g/mol. The lowest BCUT2D eigenvalue weighted by molar-refractivity contribution is 0.0595. The van der Waals surface area contributed by atoms with Crippen LogP contribution in [0, 0.1) is 17.5 Å². The number of hydrogen-bond donors (Lipinski definition) is 2. The molecule has 1 unspecified atom stereocenters. The second-order valence-corrected chi connectivity index (χ2v) is 6.86. The van der Waals surface area contributed by atoms with Gasteiger partial charge in [0.15, 0.2) is 0 Å². The third kappa shape index (κ3) is 4.02. The van der Waals surface area contributed by atoms with Crippen LogP contribution in [0.15, 0.2) is 35.2 Å². The van der Waals surface area contributed by atoms with Crippen LogP contribution in [-0.2, 0) is 4.74 Å². The number of ether oxygens (including phenoxy) is 1. The van der Waals surface area contributed by atoms with Crippen molar-refractivity contribution in [3.8, 4) is 0 Å². The Hall–Kier alpha value is -2.68. The molecule has 0 saturated carbocycles. The maximum atomic E-state index is 13.9. The van der Waals surface area contributed by atoms with E-state index in [1.54, 1.807) is 12.1 Å². The Morgan fingerprint density at radius 2 is 1.93 bits per heavy atom. The molecule has 0 radical (unpaired) electrons. The lowest BCUT2D eigenvalue weighted by Crippen LogP contribution is -2.34. The fourth-order valence-corrected chi connectivity index (χ4v) is 3.90. The van der Waals surface area contributed by atoms with Gasteiger partial charge in [-0.25, -0.2) is 22.8 Å². The zero-order chi connectivity index (χ0) is 19.6. The van der Waals surface area contributed by atoms with E-state index in [-0.39, 0.29) is 11.5 Å². The van der Waals surface area contributed by atoms with E-state index in [2.05, 4.69) is 15.4 Å². The molecule has 3 rings (SSSR count). The summed E-state index contributed by atoms with van der Waals surface area (Å²) in [6.45, 7) is 0. The van der Waals surface area contributed by atoms with Gasteiger partial charge in [-0.2, -0.15) is 0 Å². The Bertz CT molecular complexity index is 908. The minimum absolute atomic E-state index is 0.364. The molecule has 1 heterocycles. The molecule has 1 aliphatic heterocycles. The number of benzene rings is 2. The van der Waals surface area contributed by atoms with Crippen molar-refractivity contribution in [3.63, 3.8) is 0 Å². The number of rotatable bonds is 3. The van der Waals surface area contributed by atoms with E-state index >= 15 is 0 Å².